The second kappa shape index (κ2) is 12.9. The summed E-state index contributed by atoms with van der Waals surface area (Å²) in [7, 11) is 11.7. The molecule has 0 radical (unpaired) electrons. The van der Waals surface area contributed by atoms with Crippen molar-refractivity contribution >= 4 is 26.8 Å². The smallest absolute Gasteiger partial charge is 0.257 e. The van der Waals surface area contributed by atoms with Gasteiger partial charge in [-0.15, -0.1) is 0 Å². The molecule has 2 atom stereocenters. The van der Waals surface area contributed by atoms with E-state index in [1.54, 1.807) is 40.7 Å². The van der Waals surface area contributed by atoms with Crippen molar-refractivity contribution in [3.63, 3.8) is 0 Å². The molecule has 10 heteroatoms. The summed E-state index contributed by atoms with van der Waals surface area (Å²) in [6.07, 6.45) is 1.94. The van der Waals surface area contributed by atoms with E-state index in [4.69, 9.17) is 28.7 Å². The first kappa shape index (κ1) is 30.4. The third kappa shape index (κ3) is 5.91. The van der Waals surface area contributed by atoms with Gasteiger partial charge >= 0.3 is 0 Å². The molecule has 4 rings (SSSR count). The second-order valence-electron chi connectivity index (χ2n) is 9.82. The fourth-order valence-electron chi connectivity index (χ4n) is 5.28. The normalized spacial score (nSPS) is 13.5. The van der Waals surface area contributed by atoms with E-state index < -0.39 is 11.5 Å². The van der Waals surface area contributed by atoms with Crippen LogP contribution in [0.4, 0.5) is 0 Å². The van der Waals surface area contributed by atoms with Crippen LogP contribution in [0.25, 0.3) is 10.9 Å². The Morgan fingerprint density at radius 2 is 1.59 bits per heavy atom. The molecule has 0 aliphatic carbocycles. The number of benzene rings is 2. The summed E-state index contributed by atoms with van der Waals surface area (Å²) in [6, 6.07) is 15.1. The van der Waals surface area contributed by atoms with Crippen LogP contribution in [-0.2, 0) is 5.60 Å². The highest BCUT2D eigenvalue weighted by molar-refractivity contribution is 9.10. The molecule has 0 amide bonds. The highest BCUT2D eigenvalue weighted by Crippen LogP contribution is 2.53. The van der Waals surface area contributed by atoms with Gasteiger partial charge in [-0.1, -0.05) is 28.1 Å². The summed E-state index contributed by atoms with van der Waals surface area (Å²) < 4.78 is 29.8. The maximum atomic E-state index is 13.2. The largest absolute Gasteiger partial charge is 0.493 e. The standard InChI is InChI=1S/C31H36BrN3O6/c1-35(2)16-14-31(36,23-9-8-10-25(37-3)28(23)39-5)26(21-13-15-33-30(41-7)27(21)38-4)22-18-19-17-20(32)11-12-24(19)34-29(22)40-6/h8-13,15,17-18,26,36H,14,16H2,1-7H3/t26-,31-/m1/s1. The Kier molecular flexibility index (Phi) is 9.57. The fraction of sp³-hybridized carbons (Fsp3) is 0.355. The van der Waals surface area contributed by atoms with Crippen molar-refractivity contribution < 1.29 is 28.8 Å². The van der Waals surface area contributed by atoms with Crippen molar-refractivity contribution in [3.05, 3.63) is 75.9 Å². The van der Waals surface area contributed by atoms with Crippen molar-refractivity contribution in [1.82, 2.24) is 14.9 Å². The van der Waals surface area contributed by atoms with Crippen LogP contribution in [0.15, 0.2) is 59.2 Å². The molecule has 0 unspecified atom stereocenters. The SMILES string of the molecule is COc1cccc([C@](O)(CCN(C)C)[C@@H](c2cc3cc(Br)ccc3nc2OC)c2ccnc(OC)c2OC)c1OC. The van der Waals surface area contributed by atoms with E-state index in [1.165, 1.54) is 7.11 Å². The second-order valence-corrected chi connectivity index (χ2v) is 10.7. The summed E-state index contributed by atoms with van der Waals surface area (Å²) in [6.45, 7) is 0.548. The zero-order valence-corrected chi connectivity index (χ0v) is 26.0. The molecule has 4 aromatic rings. The number of hydrogen-bond acceptors (Lipinski definition) is 9. The van der Waals surface area contributed by atoms with Gasteiger partial charge < -0.3 is 33.7 Å². The van der Waals surface area contributed by atoms with Crippen LogP contribution in [0.1, 0.15) is 29.0 Å². The summed E-state index contributed by atoms with van der Waals surface area (Å²) in [4.78, 5) is 11.2. The van der Waals surface area contributed by atoms with Crippen LogP contribution in [-0.4, -0.2) is 76.2 Å². The van der Waals surface area contributed by atoms with Gasteiger partial charge in [-0.05, 0) is 56.9 Å². The van der Waals surface area contributed by atoms with Crippen molar-refractivity contribution in [2.45, 2.75) is 17.9 Å². The van der Waals surface area contributed by atoms with Gasteiger partial charge in [-0.2, -0.15) is 0 Å². The zero-order valence-electron chi connectivity index (χ0n) is 24.4. The lowest BCUT2D eigenvalue weighted by atomic mass is 9.71. The molecule has 2 aromatic heterocycles. The lowest BCUT2D eigenvalue weighted by Crippen LogP contribution is -2.38. The van der Waals surface area contributed by atoms with E-state index in [0.29, 0.717) is 52.8 Å². The molecule has 2 heterocycles. The fourth-order valence-corrected chi connectivity index (χ4v) is 5.65. The Morgan fingerprint density at radius 3 is 2.22 bits per heavy atom. The molecule has 0 saturated carbocycles. The van der Waals surface area contributed by atoms with Gasteiger partial charge in [0.25, 0.3) is 5.88 Å². The molecule has 0 spiro atoms. The Labute approximate surface area is 249 Å². The Hall–Kier alpha value is -3.60. The number of pyridine rings is 2. The topological polar surface area (TPSA) is 95.4 Å². The number of aromatic nitrogens is 2. The van der Waals surface area contributed by atoms with Crippen LogP contribution in [0.2, 0.25) is 0 Å². The van der Waals surface area contributed by atoms with E-state index in [9.17, 15) is 5.11 Å². The number of nitrogens with zero attached hydrogens (tertiary/aromatic N) is 3. The molecule has 218 valence electrons. The third-order valence-electron chi connectivity index (χ3n) is 7.17. The predicted octanol–water partition coefficient (Wildman–Crippen LogP) is 5.41. The zero-order chi connectivity index (χ0) is 29.7. The lowest BCUT2D eigenvalue weighted by molar-refractivity contribution is 0.000862. The summed E-state index contributed by atoms with van der Waals surface area (Å²) in [5.74, 6) is 1.20. The third-order valence-corrected chi connectivity index (χ3v) is 7.66. The molecule has 0 aliphatic rings. The Bertz CT molecular complexity index is 1520. The quantitative estimate of drug-likeness (QED) is 0.222. The minimum atomic E-state index is -1.58. The van der Waals surface area contributed by atoms with Crippen molar-refractivity contribution in [2.75, 3.05) is 56.2 Å². The highest BCUT2D eigenvalue weighted by atomic mass is 79.9. The van der Waals surface area contributed by atoms with E-state index in [-0.39, 0.29) is 5.88 Å². The average molecular weight is 627 g/mol. The number of methoxy groups -OCH3 is 5. The summed E-state index contributed by atoms with van der Waals surface area (Å²) in [5, 5.41) is 14.1. The van der Waals surface area contributed by atoms with Crippen LogP contribution in [0, 0.1) is 0 Å². The van der Waals surface area contributed by atoms with E-state index in [0.717, 1.165) is 15.4 Å². The van der Waals surface area contributed by atoms with E-state index in [1.807, 2.05) is 61.5 Å². The number of halogens is 1. The van der Waals surface area contributed by atoms with Crippen LogP contribution in [0.5, 0.6) is 29.0 Å². The molecule has 2 aromatic carbocycles. The molecule has 0 bridgehead atoms. The predicted molar refractivity (Wildman–Crippen MR) is 162 cm³/mol. The summed E-state index contributed by atoms with van der Waals surface area (Å²) in [5.41, 5.74) is 0.997. The number of hydrogen-bond donors (Lipinski definition) is 1. The number of aliphatic hydroxyl groups is 1. The molecule has 41 heavy (non-hydrogen) atoms. The Morgan fingerprint density at radius 1 is 0.854 bits per heavy atom. The minimum Gasteiger partial charge on any atom is -0.493 e. The molecule has 0 aliphatic heterocycles. The number of ether oxygens (including phenoxy) is 5. The van der Waals surface area contributed by atoms with Crippen molar-refractivity contribution in [2.24, 2.45) is 0 Å². The van der Waals surface area contributed by atoms with Crippen LogP contribution < -0.4 is 23.7 Å². The van der Waals surface area contributed by atoms with Gasteiger partial charge in [0.1, 0.15) is 5.60 Å². The molecule has 0 fully saturated rings. The first-order valence-corrected chi connectivity index (χ1v) is 13.8. The first-order chi connectivity index (χ1) is 19.7. The number of rotatable bonds is 12. The van der Waals surface area contributed by atoms with Crippen molar-refractivity contribution in [1.29, 1.82) is 0 Å². The van der Waals surface area contributed by atoms with Gasteiger partial charge in [0.05, 0.1) is 47.0 Å². The van der Waals surface area contributed by atoms with Gasteiger partial charge in [0.15, 0.2) is 17.2 Å². The van der Waals surface area contributed by atoms with Crippen molar-refractivity contribution in [3.8, 4) is 29.0 Å². The van der Waals surface area contributed by atoms with E-state index >= 15 is 0 Å². The molecule has 9 nitrogen and oxygen atoms in total. The van der Waals surface area contributed by atoms with Gasteiger partial charge in [-0.3, -0.25) is 0 Å². The number of fused-ring (bicyclic) bond motifs is 1. The monoisotopic (exact) mass is 625 g/mol. The number of para-hydroxylation sites is 1. The minimum absolute atomic E-state index is 0.290. The van der Waals surface area contributed by atoms with E-state index in [2.05, 4.69) is 20.9 Å². The van der Waals surface area contributed by atoms with Gasteiger partial charge in [0.2, 0.25) is 5.88 Å². The first-order valence-electron chi connectivity index (χ1n) is 13.0. The molecule has 0 saturated heterocycles. The van der Waals surface area contributed by atoms with Gasteiger partial charge in [-0.25, -0.2) is 9.97 Å². The average Bonchev–Trinajstić information content (AvgIpc) is 2.98. The lowest BCUT2D eigenvalue weighted by Gasteiger charge is -2.40. The molecule has 1 N–H and O–H groups in total. The van der Waals surface area contributed by atoms with Crippen LogP contribution >= 0.6 is 15.9 Å². The van der Waals surface area contributed by atoms with Gasteiger partial charge in [0, 0.05) is 39.3 Å². The summed E-state index contributed by atoms with van der Waals surface area (Å²) >= 11 is 3.58. The maximum absolute atomic E-state index is 13.2. The highest BCUT2D eigenvalue weighted by Gasteiger charge is 2.46. The maximum Gasteiger partial charge on any atom is 0.257 e. The molecular weight excluding hydrogens is 590 g/mol. The van der Waals surface area contributed by atoms with Crippen LogP contribution in [0.3, 0.4) is 0 Å². The Balaban J connectivity index is 2.17. The molecular formula is C31H36BrN3O6.